The first-order valence-electron chi connectivity index (χ1n) is 30.8. The maximum Gasteiger partial charge on any atom is 0.472 e. The highest BCUT2D eigenvalue weighted by Crippen LogP contribution is 2.43. The highest BCUT2D eigenvalue weighted by molar-refractivity contribution is 7.47. The van der Waals surface area contributed by atoms with Crippen LogP contribution in [0.25, 0.3) is 0 Å². The van der Waals surface area contributed by atoms with Gasteiger partial charge in [0.2, 0.25) is 0 Å². The van der Waals surface area contributed by atoms with Crippen LogP contribution in [0.3, 0.4) is 0 Å². The Balaban J connectivity index is 3.86. The van der Waals surface area contributed by atoms with Gasteiger partial charge in [-0.2, -0.15) is 0 Å². The molecule has 0 aromatic heterocycles. The number of hydrogen-bond donors (Lipinski definition) is 2. The number of ether oxygens (including phenoxy) is 2. The van der Waals surface area contributed by atoms with Crippen molar-refractivity contribution >= 4 is 19.8 Å². The van der Waals surface area contributed by atoms with E-state index in [4.69, 9.17) is 24.3 Å². The van der Waals surface area contributed by atoms with E-state index in [9.17, 15) is 19.0 Å². The third-order valence-electron chi connectivity index (χ3n) is 13.8. The molecule has 0 aliphatic carbocycles. The number of unbranched alkanes of at least 4 members (excludes halogenated alkanes) is 42. The second kappa shape index (κ2) is 57.8. The molecule has 0 rings (SSSR count). The van der Waals surface area contributed by atoms with Crippen LogP contribution < -0.4 is 5.73 Å². The molecule has 420 valence electrons. The molecule has 10 heteroatoms. The molecule has 0 spiro atoms. The Morgan fingerprint density at radius 3 is 1.07 bits per heavy atom. The van der Waals surface area contributed by atoms with Gasteiger partial charge in [0.1, 0.15) is 6.61 Å². The molecule has 0 radical (unpaired) electrons. The number of carbonyl (C=O) groups is 2. The fourth-order valence-electron chi connectivity index (χ4n) is 9.26. The number of hydrogen-bond acceptors (Lipinski definition) is 8. The molecule has 0 fully saturated rings. The Bertz CT molecular complexity index is 1210. The highest BCUT2D eigenvalue weighted by atomic mass is 31.2. The van der Waals surface area contributed by atoms with Gasteiger partial charge in [-0.1, -0.05) is 289 Å². The molecule has 2 atom stereocenters. The van der Waals surface area contributed by atoms with E-state index in [2.05, 4.69) is 38.2 Å². The zero-order chi connectivity index (χ0) is 51.7. The van der Waals surface area contributed by atoms with Gasteiger partial charge in [0.25, 0.3) is 0 Å². The van der Waals surface area contributed by atoms with Gasteiger partial charge in [-0.05, 0) is 44.9 Å². The Hall–Kier alpha value is -1.51. The van der Waals surface area contributed by atoms with Gasteiger partial charge in [-0.25, -0.2) is 4.57 Å². The van der Waals surface area contributed by atoms with Crippen LogP contribution in [-0.4, -0.2) is 49.3 Å². The number of esters is 2. The lowest BCUT2D eigenvalue weighted by Crippen LogP contribution is -2.29. The molecule has 0 aliphatic heterocycles. The van der Waals surface area contributed by atoms with Crippen molar-refractivity contribution in [2.75, 3.05) is 26.4 Å². The topological polar surface area (TPSA) is 134 Å². The van der Waals surface area contributed by atoms with E-state index in [-0.39, 0.29) is 38.6 Å². The van der Waals surface area contributed by atoms with Crippen molar-refractivity contribution in [3.63, 3.8) is 0 Å². The van der Waals surface area contributed by atoms with Gasteiger partial charge in [0.15, 0.2) is 6.10 Å². The first-order valence-corrected chi connectivity index (χ1v) is 32.3. The minimum absolute atomic E-state index is 0.0568. The number of phosphoric ester groups is 1. The van der Waals surface area contributed by atoms with Crippen molar-refractivity contribution < 1.29 is 37.6 Å². The normalized spacial score (nSPS) is 13.1. The molecule has 0 aliphatic rings. The van der Waals surface area contributed by atoms with Crippen LogP contribution in [0, 0.1) is 0 Å². The molecule has 0 aromatic carbocycles. The summed E-state index contributed by atoms with van der Waals surface area (Å²) in [5.74, 6) is -0.806. The molecule has 0 aromatic rings. The number of nitrogens with two attached hydrogens (primary N) is 1. The van der Waals surface area contributed by atoms with Crippen molar-refractivity contribution in [3.8, 4) is 0 Å². The van der Waals surface area contributed by atoms with Crippen LogP contribution in [0.2, 0.25) is 0 Å². The van der Waals surface area contributed by atoms with Gasteiger partial charge in [-0.15, -0.1) is 0 Å². The number of phosphoric acid groups is 1. The van der Waals surface area contributed by atoms with Gasteiger partial charge in [0.05, 0.1) is 13.2 Å². The summed E-state index contributed by atoms with van der Waals surface area (Å²) in [6, 6.07) is 0. The zero-order valence-electron chi connectivity index (χ0n) is 47.0. The summed E-state index contributed by atoms with van der Waals surface area (Å²) in [6.07, 6.45) is 68.2. The largest absolute Gasteiger partial charge is 0.472 e. The van der Waals surface area contributed by atoms with Crippen LogP contribution in [0.1, 0.15) is 322 Å². The monoisotopic (exact) mass is 1020 g/mol. The van der Waals surface area contributed by atoms with Gasteiger partial charge >= 0.3 is 19.8 Å². The zero-order valence-corrected chi connectivity index (χ0v) is 47.9. The Morgan fingerprint density at radius 2 is 0.732 bits per heavy atom. The van der Waals surface area contributed by atoms with E-state index in [0.29, 0.717) is 6.42 Å². The van der Waals surface area contributed by atoms with Crippen LogP contribution in [-0.2, 0) is 32.7 Å². The number of allylic oxidation sites excluding steroid dienone is 4. The average molecular weight is 1020 g/mol. The lowest BCUT2D eigenvalue weighted by molar-refractivity contribution is -0.161. The van der Waals surface area contributed by atoms with E-state index in [0.717, 1.165) is 38.5 Å². The molecule has 9 nitrogen and oxygen atoms in total. The quantitative estimate of drug-likeness (QED) is 0.0264. The fraction of sp³-hybridized carbons (Fsp3) is 0.902. The van der Waals surface area contributed by atoms with Crippen molar-refractivity contribution in [2.24, 2.45) is 5.73 Å². The van der Waals surface area contributed by atoms with E-state index in [1.807, 2.05) is 0 Å². The second-order valence-corrected chi connectivity index (χ2v) is 22.4. The average Bonchev–Trinajstić information content (AvgIpc) is 3.36. The summed E-state index contributed by atoms with van der Waals surface area (Å²) in [5.41, 5.74) is 5.39. The molecule has 0 saturated carbocycles. The molecule has 0 amide bonds. The van der Waals surface area contributed by atoms with Crippen LogP contribution in [0.4, 0.5) is 0 Å². The van der Waals surface area contributed by atoms with E-state index in [1.165, 1.54) is 250 Å². The standard InChI is InChI=1S/C61H118NO8P/c1-3-5-7-9-11-13-15-17-19-21-23-24-25-26-27-28-29-30-31-32-33-34-36-38-40-42-44-46-48-50-52-54-61(64)70-59(58-69-71(65,66)68-56-55-62)57-67-60(63)53-51-49-47-45-43-41-39-37-35-22-20-18-16-14-12-10-8-6-4-2/h15,17,21,23,59H,3-14,16,18-20,22,24-58,62H2,1-2H3,(H,65,66)/b17-15-,23-21-. The second-order valence-electron chi connectivity index (χ2n) is 20.9. The Kier molecular flexibility index (Phi) is 56.5. The predicted octanol–water partition coefficient (Wildman–Crippen LogP) is 19.4. The molecular formula is C61H118NO8P. The predicted molar refractivity (Wildman–Crippen MR) is 303 cm³/mol. The summed E-state index contributed by atoms with van der Waals surface area (Å²) in [6.45, 7) is 3.80. The first kappa shape index (κ1) is 69.5. The van der Waals surface area contributed by atoms with Crippen molar-refractivity contribution in [1.29, 1.82) is 0 Å². The van der Waals surface area contributed by atoms with Crippen LogP contribution in [0.15, 0.2) is 24.3 Å². The van der Waals surface area contributed by atoms with Gasteiger partial charge < -0.3 is 20.1 Å². The van der Waals surface area contributed by atoms with Crippen molar-refractivity contribution in [3.05, 3.63) is 24.3 Å². The molecule has 71 heavy (non-hydrogen) atoms. The van der Waals surface area contributed by atoms with E-state index in [1.54, 1.807) is 0 Å². The lowest BCUT2D eigenvalue weighted by atomic mass is 10.0. The van der Waals surface area contributed by atoms with Crippen molar-refractivity contribution in [2.45, 2.75) is 328 Å². The summed E-state index contributed by atoms with van der Waals surface area (Å²) in [7, 11) is -4.38. The van der Waals surface area contributed by atoms with E-state index < -0.39 is 26.5 Å². The minimum atomic E-state index is -4.38. The molecule has 0 bridgehead atoms. The van der Waals surface area contributed by atoms with Crippen LogP contribution >= 0.6 is 7.82 Å². The molecular weight excluding hydrogens is 906 g/mol. The summed E-state index contributed by atoms with van der Waals surface area (Å²) >= 11 is 0. The number of carbonyl (C=O) groups excluding carboxylic acids is 2. The fourth-order valence-corrected chi connectivity index (χ4v) is 10.0. The first-order chi connectivity index (χ1) is 34.8. The molecule has 2 unspecified atom stereocenters. The van der Waals surface area contributed by atoms with Gasteiger partial charge in [0, 0.05) is 19.4 Å². The minimum Gasteiger partial charge on any atom is -0.462 e. The highest BCUT2D eigenvalue weighted by Gasteiger charge is 2.26. The lowest BCUT2D eigenvalue weighted by Gasteiger charge is -2.19. The summed E-state index contributed by atoms with van der Waals surface area (Å²) < 4.78 is 33.1. The summed E-state index contributed by atoms with van der Waals surface area (Å²) in [4.78, 5) is 35.2. The van der Waals surface area contributed by atoms with Gasteiger partial charge in [-0.3, -0.25) is 18.6 Å². The molecule has 3 N–H and O–H groups in total. The Labute approximate surface area is 440 Å². The summed E-state index contributed by atoms with van der Waals surface area (Å²) in [5, 5.41) is 0. The van der Waals surface area contributed by atoms with E-state index >= 15 is 0 Å². The van der Waals surface area contributed by atoms with Crippen molar-refractivity contribution in [1.82, 2.24) is 0 Å². The maximum atomic E-state index is 12.7. The third-order valence-corrected chi connectivity index (χ3v) is 14.8. The molecule has 0 heterocycles. The SMILES string of the molecule is CCCCCCC/C=C\C/C=C\CCCCCCCCCCCCCCCCCCCCCC(=O)OC(COC(=O)CCCCCCCCCCCCCCCCCCCCC)COP(=O)(O)OCCN. The Morgan fingerprint density at radius 1 is 0.423 bits per heavy atom. The maximum absolute atomic E-state index is 12.7. The van der Waals surface area contributed by atoms with Crippen LogP contribution in [0.5, 0.6) is 0 Å². The third kappa shape index (κ3) is 57.6. The smallest absolute Gasteiger partial charge is 0.462 e. The molecule has 0 saturated heterocycles. The number of rotatable bonds is 59.